The van der Waals surface area contributed by atoms with E-state index in [0.717, 1.165) is 6.07 Å². The summed E-state index contributed by atoms with van der Waals surface area (Å²) in [5.41, 5.74) is 9.08. The van der Waals surface area contributed by atoms with Crippen LogP contribution in [0.5, 0.6) is 0 Å². The maximum absolute atomic E-state index is 13.7. The SMILES string of the molecule is CC(C)(CNS(=O)(=O)c1cccc(F)c1C(N)=S)C(N)=O. The Labute approximate surface area is 127 Å². The molecule has 0 unspecified atom stereocenters. The van der Waals surface area contributed by atoms with Gasteiger partial charge in [0.25, 0.3) is 0 Å². The van der Waals surface area contributed by atoms with Gasteiger partial charge in [0.15, 0.2) is 0 Å². The molecule has 0 aliphatic heterocycles. The first kappa shape index (κ1) is 17.5. The second-order valence-corrected chi connectivity index (χ2v) is 7.23. The first-order valence-corrected chi connectivity index (χ1v) is 7.76. The van der Waals surface area contributed by atoms with Gasteiger partial charge in [0.2, 0.25) is 15.9 Å². The van der Waals surface area contributed by atoms with Gasteiger partial charge >= 0.3 is 0 Å². The van der Waals surface area contributed by atoms with Gasteiger partial charge in [-0.05, 0) is 26.0 Å². The first-order chi connectivity index (χ1) is 9.49. The van der Waals surface area contributed by atoms with E-state index in [0.29, 0.717) is 0 Å². The number of hydrogen-bond donors (Lipinski definition) is 3. The third-order valence-electron chi connectivity index (χ3n) is 2.88. The Hall–Kier alpha value is -1.58. The predicted molar refractivity (Wildman–Crippen MR) is 80.5 cm³/mol. The lowest BCUT2D eigenvalue weighted by atomic mass is 9.93. The lowest BCUT2D eigenvalue weighted by Gasteiger charge is -2.21. The molecule has 1 aromatic carbocycles. The van der Waals surface area contributed by atoms with Crippen molar-refractivity contribution in [1.82, 2.24) is 4.72 Å². The topological polar surface area (TPSA) is 115 Å². The first-order valence-electron chi connectivity index (χ1n) is 5.87. The van der Waals surface area contributed by atoms with Crippen molar-refractivity contribution in [2.24, 2.45) is 16.9 Å². The molecule has 21 heavy (non-hydrogen) atoms. The zero-order valence-electron chi connectivity index (χ0n) is 11.5. The second-order valence-electron chi connectivity index (χ2n) is 5.05. The number of halogens is 1. The van der Waals surface area contributed by atoms with Gasteiger partial charge in [0, 0.05) is 6.54 Å². The van der Waals surface area contributed by atoms with Crippen molar-refractivity contribution in [2.75, 3.05) is 6.54 Å². The highest BCUT2D eigenvalue weighted by molar-refractivity contribution is 7.89. The van der Waals surface area contributed by atoms with E-state index in [1.165, 1.54) is 26.0 Å². The van der Waals surface area contributed by atoms with Crippen LogP contribution in [0.2, 0.25) is 0 Å². The number of sulfonamides is 1. The van der Waals surface area contributed by atoms with Gasteiger partial charge in [0.1, 0.15) is 10.8 Å². The molecule has 0 radical (unpaired) electrons. The Morgan fingerprint density at radius 1 is 1.38 bits per heavy atom. The maximum Gasteiger partial charge on any atom is 0.241 e. The molecule has 1 amide bonds. The molecular weight excluding hydrogens is 317 g/mol. The van der Waals surface area contributed by atoms with Gasteiger partial charge in [-0.15, -0.1) is 0 Å². The Morgan fingerprint density at radius 2 is 1.95 bits per heavy atom. The zero-order chi connectivity index (χ0) is 16.4. The number of nitrogens with two attached hydrogens (primary N) is 2. The van der Waals surface area contributed by atoms with E-state index in [2.05, 4.69) is 16.9 Å². The molecule has 5 N–H and O–H groups in total. The summed E-state index contributed by atoms with van der Waals surface area (Å²) in [5, 5.41) is 0. The van der Waals surface area contributed by atoms with Crippen LogP contribution >= 0.6 is 12.2 Å². The normalized spacial score (nSPS) is 12.1. The van der Waals surface area contributed by atoms with E-state index in [-0.39, 0.29) is 22.0 Å². The van der Waals surface area contributed by atoms with Crippen molar-refractivity contribution in [2.45, 2.75) is 18.7 Å². The highest BCUT2D eigenvalue weighted by atomic mass is 32.2. The summed E-state index contributed by atoms with van der Waals surface area (Å²) in [6, 6.07) is 3.46. The minimum absolute atomic E-state index is 0.238. The molecule has 1 rings (SSSR count). The molecular formula is C12H16FN3O3S2. The van der Waals surface area contributed by atoms with Crippen LogP contribution < -0.4 is 16.2 Å². The van der Waals surface area contributed by atoms with Crippen LogP contribution in [0.4, 0.5) is 4.39 Å². The van der Waals surface area contributed by atoms with Gasteiger partial charge in [-0.1, -0.05) is 18.3 Å². The molecule has 0 aromatic heterocycles. The molecule has 0 aliphatic carbocycles. The predicted octanol–water partition coefficient (Wildman–Crippen LogP) is 0.250. The molecule has 0 heterocycles. The maximum atomic E-state index is 13.7. The van der Waals surface area contributed by atoms with E-state index in [1.54, 1.807) is 0 Å². The summed E-state index contributed by atoms with van der Waals surface area (Å²) in [7, 11) is -4.09. The summed E-state index contributed by atoms with van der Waals surface area (Å²) in [5.74, 6) is -1.50. The number of benzene rings is 1. The van der Waals surface area contributed by atoms with Crippen molar-refractivity contribution >= 4 is 33.1 Å². The quantitative estimate of drug-likeness (QED) is 0.646. The van der Waals surface area contributed by atoms with E-state index < -0.39 is 27.2 Å². The largest absolute Gasteiger partial charge is 0.389 e. The molecule has 0 saturated carbocycles. The van der Waals surface area contributed by atoms with Crippen molar-refractivity contribution in [3.63, 3.8) is 0 Å². The summed E-state index contributed by atoms with van der Waals surface area (Å²) in [6.07, 6.45) is 0. The number of rotatable bonds is 6. The van der Waals surface area contributed by atoms with Crippen LogP contribution in [0.15, 0.2) is 23.1 Å². The summed E-state index contributed by atoms with van der Waals surface area (Å²) >= 11 is 4.68. The van der Waals surface area contributed by atoms with Crippen LogP contribution in [0.3, 0.4) is 0 Å². The monoisotopic (exact) mass is 333 g/mol. The molecule has 0 bridgehead atoms. The van der Waals surface area contributed by atoms with Crippen LogP contribution in [-0.2, 0) is 14.8 Å². The summed E-state index contributed by atoms with van der Waals surface area (Å²) in [4.78, 5) is 10.4. The Bertz CT molecular complexity index is 687. The average Bonchev–Trinajstić information content (AvgIpc) is 2.35. The third kappa shape index (κ3) is 3.96. The van der Waals surface area contributed by atoms with Crippen molar-refractivity contribution in [3.05, 3.63) is 29.6 Å². The molecule has 6 nitrogen and oxygen atoms in total. The van der Waals surface area contributed by atoms with Gasteiger partial charge < -0.3 is 11.5 Å². The average molecular weight is 333 g/mol. The van der Waals surface area contributed by atoms with Crippen molar-refractivity contribution < 1.29 is 17.6 Å². The van der Waals surface area contributed by atoms with Gasteiger partial charge in [-0.2, -0.15) is 0 Å². The fourth-order valence-electron chi connectivity index (χ4n) is 1.41. The Morgan fingerprint density at radius 3 is 2.43 bits per heavy atom. The fraction of sp³-hybridized carbons (Fsp3) is 0.333. The van der Waals surface area contributed by atoms with Crippen LogP contribution in [0.1, 0.15) is 19.4 Å². The van der Waals surface area contributed by atoms with E-state index in [4.69, 9.17) is 11.5 Å². The molecule has 0 fully saturated rings. The van der Waals surface area contributed by atoms with Crippen LogP contribution in [-0.4, -0.2) is 25.9 Å². The van der Waals surface area contributed by atoms with Gasteiger partial charge in [-0.25, -0.2) is 17.5 Å². The van der Waals surface area contributed by atoms with Crippen LogP contribution in [0.25, 0.3) is 0 Å². The van der Waals surface area contributed by atoms with E-state index in [9.17, 15) is 17.6 Å². The van der Waals surface area contributed by atoms with Gasteiger partial charge in [0.05, 0.1) is 15.9 Å². The van der Waals surface area contributed by atoms with Crippen molar-refractivity contribution in [3.8, 4) is 0 Å². The molecule has 0 spiro atoms. The molecule has 116 valence electrons. The smallest absolute Gasteiger partial charge is 0.241 e. The third-order valence-corrected chi connectivity index (χ3v) is 4.53. The molecule has 0 aliphatic rings. The molecule has 9 heteroatoms. The lowest BCUT2D eigenvalue weighted by molar-refractivity contribution is -0.125. The highest BCUT2D eigenvalue weighted by Crippen LogP contribution is 2.20. The number of hydrogen-bond acceptors (Lipinski definition) is 4. The standard InChI is InChI=1S/C12H16FN3O3S2/c1-12(2,11(15)17)6-16-21(18,19)8-5-3-4-7(13)9(8)10(14)20/h3-5,16H,6H2,1-2H3,(H2,14,20)(H2,15,17). The number of nitrogens with one attached hydrogen (secondary N) is 1. The number of carbonyl (C=O) groups excluding carboxylic acids is 1. The second kappa shape index (κ2) is 6.04. The molecule has 1 aromatic rings. The minimum Gasteiger partial charge on any atom is -0.389 e. The number of carbonyl (C=O) groups is 1. The summed E-state index contributed by atoms with van der Waals surface area (Å²) in [6.45, 7) is 2.73. The number of primary amides is 1. The Kier molecular flexibility index (Phi) is 5.03. The van der Waals surface area contributed by atoms with Crippen LogP contribution in [0, 0.1) is 11.2 Å². The molecule has 0 atom stereocenters. The molecule has 0 saturated heterocycles. The van der Waals surface area contributed by atoms with E-state index in [1.807, 2.05) is 0 Å². The van der Waals surface area contributed by atoms with Crippen molar-refractivity contribution in [1.29, 1.82) is 0 Å². The zero-order valence-corrected chi connectivity index (χ0v) is 13.1. The number of amides is 1. The highest BCUT2D eigenvalue weighted by Gasteiger charge is 2.29. The summed E-state index contributed by atoms with van der Waals surface area (Å²) < 4.78 is 40.4. The van der Waals surface area contributed by atoms with Gasteiger partial charge in [-0.3, -0.25) is 4.79 Å². The number of thiocarbonyl (C=S) groups is 1. The Balaban J connectivity index is 3.19. The minimum atomic E-state index is -4.09. The lowest BCUT2D eigenvalue weighted by Crippen LogP contribution is -2.42. The van der Waals surface area contributed by atoms with E-state index >= 15 is 0 Å². The fourth-order valence-corrected chi connectivity index (χ4v) is 3.12.